The molecule has 1 saturated carbocycles. The van der Waals surface area contributed by atoms with Gasteiger partial charge >= 0.3 is 0 Å². The first-order valence-electron chi connectivity index (χ1n) is 14.9. The maximum Gasteiger partial charge on any atom is 0.298 e. The Kier molecular flexibility index (Phi) is 8.29. The van der Waals surface area contributed by atoms with Crippen molar-refractivity contribution in [2.24, 2.45) is 0 Å². The zero-order valence-electron chi connectivity index (χ0n) is 24.3. The van der Waals surface area contributed by atoms with Crippen molar-refractivity contribution in [3.8, 4) is 17.6 Å². The SMILES string of the molecule is CC#CC(=O)N1CCN(C2CCC(c3cc(C)c4c(c3)Nc3ncnc(N5CC[S+]([O-])CC5)c3C(C)O4)CC2)CC1. The minimum atomic E-state index is -0.751. The lowest BCUT2D eigenvalue weighted by Crippen LogP contribution is -2.52. The second-order valence-electron chi connectivity index (χ2n) is 11.6. The molecule has 1 atom stereocenters. The van der Waals surface area contributed by atoms with Gasteiger partial charge in [-0.05, 0) is 75.5 Å². The summed E-state index contributed by atoms with van der Waals surface area (Å²) in [5.41, 5.74) is 4.41. The van der Waals surface area contributed by atoms with Crippen LogP contribution in [0.15, 0.2) is 18.5 Å². The number of carbonyl (C=O) groups is 1. The number of benzene rings is 1. The number of hydrogen-bond donors (Lipinski definition) is 1. The lowest BCUT2D eigenvalue weighted by molar-refractivity contribution is -0.127. The standard InChI is InChI=1S/C31H40N6O3S/c1-4-5-27(38)36-12-10-35(11-13-36)25-8-6-23(7-9-25)24-18-21(2)29-26(19-24)34-30-28(22(3)40-29)31(33-20-32-30)37-14-16-41(39)17-15-37/h18-20,22-23,25H,6-17H2,1-3H3,(H,32,33,34). The maximum atomic E-state index is 12.1. The van der Waals surface area contributed by atoms with E-state index in [0.717, 1.165) is 86.3 Å². The number of rotatable bonds is 3. The van der Waals surface area contributed by atoms with E-state index in [2.05, 4.69) is 62.9 Å². The highest BCUT2D eigenvalue weighted by Gasteiger charge is 2.33. The minimum absolute atomic E-state index is 0.0454. The lowest BCUT2D eigenvalue weighted by Gasteiger charge is -2.41. The minimum Gasteiger partial charge on any atom is -0.616 e. The van der Waals surface area contributed by atoms with Crippen molar-refractivity contribution in [2.75, 3.05) is 61.0 Å². The van der Waals surface area contributed by atoms with E-state index in [4.69, 9.17) is 4.74 Å². The Morgan fingerprint density at radius 2 is 1.80 bits per heavy atom. The summed E-state index contributed by atoms with van der Waals surface area (Å²) in [4.78, 5) is 28.1. The molecule has 2 aromatic rings. The van der Waals surface area contributed by atoms with E-state index in [1.54, 1.807) is 13.3 Å². The quantitative estimate of drug-likeness (QED) is 0.436. The molecule has 1 aliphatic carbocycles. The molecule has 4 aliphatic rings. The number of nitrogens with one attached hydrogen (secondary N) is 1. The van der Waals surface area contributed by atoms with E-state index in [0.29, 0.717) is 23.5 Å². The number of carbonyl (C=O) groups excluding carboxylic acids is 1. The molecule has 1 aromatic carbocycles. The van der Waals surface area contributed by atoms with Gasteiger partial charge in [0.1, 0.15) is 41.3 Å². The topological polar surface area (TPSA) is 96.9 Å². The van der Waals surface area contributed by atoms with Crippen molar-refractivity contribution < 1.29 is 14.1 Å². The third-order valence-corrected chi connectivity index (χ3v) is 10.4. The molecule has 1 amide bonds. The number of nitrogens with zero attached hydrogens (tertiary/aromatic N) is 5. The second-order valence-corrected chi connectivity index (χ2v) is 13.3. The fourth-order valence-electron chi connectivity index (χ4n) is 6.86. The number of piperazine rings is 1. The zero-order chi connectivity index (χ0) is 28.5. The van der Waals surface area contributed by atoms with Crippen LogP contribution in [0.4, 0.5) is 17.3 Å². The van der Waals surface area contributed by atoms with Gasteiger partial charge in [0, 0.05) is 32.2 Å². The summed E-state index contributed by atoms with van der Waals surface area (Å²) in [5, 5.41) is 3.61. The van der Waals surface area contributed by atoms with Crippen molar-refractivity contribution in [1.29, 1.82) is 0 Å². The first-order chi connectivity index (χ1) is 19.9. The maximum absolute atomic E-state index is 12.1. The predicted molar refractivity (Wildman–Crippen MR) is 162 cm³/mol. The fraction of sp³-hybridized carbons (Fsp3) is 0.581. The van der Waals surface area contributed by atoms with Crippen molar-refractivity contribution in [3.05, 3.63) is 35.2 Å². The first kappa shape index (κ1) is 28.1. The van der Waals surface area contributed by atoms with Crippen LogP contribution in [-0.2, 0) is 16.0 Å². The van der Waals surface area contributed by atoms with Crippen LogP contribution in [0, 0.1) is 18.8 Å². The number of ether oxygens (including phenoxy) is 1. The molecule has 0 spiro atoms. The van der Waals surface area contributed by atoms with E-state index in [1.165, 1.54) is 18.4 Å². The van der Waals surface area contributed by atoms with Crippen molar-refractivity contribution >= 4 is 34.4 Å². The van der Waals surface area contributed by atoms with Gasteiger partial charge in [0.2, 0.25) is 0 Å². The third kappa shape index (κ3) is 5.85. The summed E-state index contributed by atoms with van der Waals surface area (Å²) in [6.45, 7) is 10.8. The van der Waals surface area contributed by atoms with Crippen molar-refractivity contribution in [1.82, 2.24) is 19.8 Å². The predicted octanol–water partition coefficient (Wildman–Crippen LogP) is 3.74. The molecule has 218 valence electrons. The third-order valence-electron chi connectivity index (χ3n) is 9.11. The second kappa shape index (κ2) is 12.1. The van der Waals surface area contributed by atoms with E-state index in [1.807, 2.05) is 4.90 Å². The summed E-state index contributed by atoms with van der Waals surface area (Å²) < 4.78 is 18.5. The number of fused-ring (bicyclic) bond motifs is 2. The molecule has 1 unspecified atom stereocenters. The van der Waals surface area contributed by atoms with Crippen LogP contribution in [-0.4, -0.2) is 87.0 Å². The van der Waals surface area contributed by atoms with Gasteiger partial charge in [-0.15, -0.1) is 0 Å². The van der Waals surface area contributed by atoms with Crippen LogP contribution in [0.2, 0.25) is 0 Å². The van der Waals surface area contributed by atoms with Crippen LogP contribution >= 0.6 is 0 Å². The van der Waals surface area contributed by atoms with Crippen LogP contribution in [0.3, 0.4) is 0 Å². The smallest absolute Gasteiger partial charge is 0.298 e. The Labute approximate surface area is 246 Å². The molecule has 0 bridgehead atoms. The normalized spacial score (nSPS) is 25.1. The number of amides is 1. The Morgan fingerprint density at radius 1 is 1.07 bits per heavy atom. The summed E-state index contributed by atoms with van der Waals surface area (Å²) in [6.07, 6.45) is 6.05. The molecule has 9 nitrogen and oxygen atoms in total. The van der Waals surface area contributed by atoms with Gasteiger partial charge in [-0.1, -0.05) is 23.2 Å². The van der Waals surface area contributed by atoms with E-state index in [9.17, 15) is 9.35 Å². The highest BCUT2D eigenvalue weighted by atomic mass is 32.2. The van der Waals surface area contributed by atoms with Gasteiger partial charge in [-0.3, -0.25) is 9.69 Å². The van der Waals surface area contributed by atoms with Crippen molar-refractivity contribution in [3.63, 3.8) is 0 Å². The Hall–Kier alpha value is -3.00. The van der Waals surface area contributed by atoms with Gasteiger partial charge in [0.15, 0.2) is 0 Å². The largest absolute Gasteiger partial charge is 0.616 e. The average Bonchev–Trinajstić information content (AvgIpc) is 3.14. The Bertz CT molecular complexity index is 1340. The van der Waals surface area contributed by atoms with Crippen LogP contribution in [0.1, 0.15) is 68.2 Å². The average molecular weight is 577 g/mol. The number of aryl methyl sites for hydroxylation is 1. The molecule has 0 radical (unpaired) electrons. The summed E-state index contributed by atoms with van der Waals surface area (Å²) in [6, 6.07) is 5.15. The molecule has 6 rings (SSSR count). The molecule has 2 saturated heterocycles. The van der Waals surface area contributed by atoms with Gasteiger partial charge in [0.05, 0.1) is 24.3 Å². The van der Waals surface area contributed by atoms with E-state index in [-0.39, 0.29) is 12.0 Å². The van der Waals surface area contributed by atoms with Gasteiger partial charge in [-0.2, -0.15) is 0 Å². The van der Waals surface area contributed by atoms with Gasteiger partial charge in [0.25, 0.3) is 5.91 Å². The van der Waals surface area contributed by atoms with Crippen LogP contribution < -0.4 is 15.0 Å². The molecule has 41 heavy (non-hydrogen) atoms. The molecule has 10 heteroatoms. The van der Waals surface area contributed by atoms with Gasteiger partial charge < -0.3 is 24.4 Å². The van der Waals surface area contributed by atoms with Crippen LogP contribution in [0.25, 0.3) is 0 Å². The Morgan fingerprint density at radius 3 is 2.51 bits per heavy atom. The first-order valence-corrected chi connectivity index (χ1v) is 16.4. The monoisotopic (exact) mass is 576 g/mol. The zero-order valence-corrected chi connectivity index (χ0v) is 25.1. The van der Waals surface area contributed by atoms with Crippen molar-refractivity contribution in [2.45, 2.75) is 64.5 Å². The number of hydrogen-bond acceptors (Lipinski definition) is 8. The van der Waals surface area contributed by atoms with E-state index < -0.39 is 11.2 Å². The molecule has 3 fully saturated rings. The molecule has 1 aromatic heterocycles. The lowest BCUT2D eigenvalue weighted by atomic mass is 9.80. The summed E-state index contributed by atoms with van der Waals surface area (Å²) >= 11 is -0.751. The highest BCUT2D eigenvalue weighted by Crippen LogP contribution is 2.45. The molecule has 3 aliphatic heterocycles. The molecule has 4 heterocycles. The van der Waals surface area contributed by atoms with E-state index >= 15 is 0 Å². The van der Waals surface area contributed by atoms with Gasteiger partial charge in [-0.25, -0.2) is 9.97 Å². The molecular weight excluding hydrogens is 536 g/mol. The molecule has 1 N–H and O–H groups in total. The summed E-state index contributed by atoms with van der Waals surface area (Å²) in [7, 11) is 0. The highest BCUT2D eigenvalue weighted by molar-refractivity contribution is 7.91. The summed E-state index contributed by atoms with van der Waals surface area (Å²) in [5.74, 6) is 9.73. The Balaban J connectivity index is 1.14. The number of aromatic nitrogens is 2. The molecular formula is C31H40N6O3S. The van der Waals surface area contributed by atoms with Crippen LogP contribution in [0.5, 0.6) is 5.75 Å². The number of anilines is 3. The fourth-order valence-corrected chi connectivity index (χ4v) is 7.91.